The summed E-state index contributed by atoms with van der Waals surface area (Å²) in [5.74, 6) is 0.760. The Morgan fingerprint density at radius 1 is 0.939 bits per heavy atom. The van der Waals surface area contributed by atoms with Gasteiger partial charge in [-0.1, -0.05) is 18.2 Å². The highest BCUT2D eigenvalue weighted by Gasteiger charge is 2.16. The van der Waals surface area contributed by atoms with Crippen LogP contribution in [-0.2, 0) is 6.54 Å². The topological polar surface area (TPSA) is 73.5 Å². The number of pyridine rings is 1. The van der Waals surface area contributed by atoms with Crippen molar-refractivity contribution in [2.24, 2.45) is 0 Å². The minimum Gasteiger partial charge on any atom is -0.337 e. The Balaban J connectivity index is 1.45. The Hall–Kier alpha value is -3.81. The van der Waals surface area contributed by atoms with Crippen LogP contribution in [0.25, 0.3) is 55.7 Å². The van der Waals surface area contributed by atoms with Crippen molar-refractivity contribution < 1.29 is 0 Å². The summed E-state index contributed by atoms with van der Waals surface area (Å²) < 4.78 is 0. The molecule has 0 unspecified atom stereocenters. The van der Waals surface area contributed by atoms with Gasteiger partial charge in [0.15, 0.2) is 5.82 Å². The van der Waals surface area contributed by atoms with Crippen LogP contribution in [0, 0.1) is 0 Å². The van der Waals surface area contributed by atoms with Crippen molar-refractivity contribution in [3.63, 3.8) is 0 Å². The van der Waals surface area contributed by atoms with Crippen LogP contribution in [-0.4, -0.2) is 44.1 Å². The van der Waals surface area contributed by atoms with Crippen molar-refractivity contribution in [2.45, 2.75) is 6.54 Å². The van der Waals surface area contributed by atoms with Gasteiger partial charge in [-0.05, 0) is 71.9 Å². The third kappa shape index (κ3) is 3.61. The normalized spacial score (nSPS) is 11.7. The van der Waals surface area contributed by atoms with Gasteiger partial charge < -0.3 is 9.88 Å². The molecule has 0 fully saturated rings. The molecular formula is C26H22N6S. The number of nitrogens with zero attached hydrogens (tertiary/aromatic N) is 4. The summed E-state index contributed by atoms with van der Waals surface area (Å²) in [5, 5.41) is 13.0. The molecule has 0 radical (unpaired) electrons. The first-order valence-corrected chi connectivity index (χ1v) is 11.7. The minimum atomic E-state index is 0.760. The van der Waals surface area contributed by atoms with Crippen LogP contribution < -0.4 is 0 Å². The summed E-state index contributed by atoms with van der Waals surface area (Å²) in [7, 11) is 4.13. The number of nitrogens with one attached hydrogen (secondary N) is 2. The van der Waals surface area contributed by atoms with E-state index in [-0.39, 0.29) is 0 Å². The Morgan fingerprint density at radius 3 is 2.73 bits per heavy atom. The van der Waals surface area contributed by atoms with E-state index in [0.717, 1.165) is 56.7 Å². The first kappa shape index (κ1) is 19.8. The standard InChI is InChI=1S/C26H22N6S/c1-32(2)14-16-10-19(13-27-12-16)17-6-7-22-21(11-17)25(31-30-22)26-28-23-5-3-4-20(24(23)29-26)18-8-9-33-15-18/h3-13,15H,14H2,1-2H3,(H,28,29)(H,30,31). The second-order valence-electron chi connectivity index (χ2n) is 8.45. The third-order valence-corrected chi connectivity index (χ3v) is 6.44. The van der Waals surface area contributed by atoms with E-state index in [1.54, 1.807) is 11.3 Å². The molecule has 0 saturated heterocycles. The van der Waals surface area contributed by atoms with Gasteiger partial charge in [0.2, 0.25) is 0 Å². The highest BCUT2D eigenvalue weighted by molar-refractivity contribution is 7.08. The van der Waals surface area contributed by atoms with Crippen molar-refractivity contribution in [1.82, 2.24) is 30.0 Å². The van der Waals surface area contributed by atoms with Crippen LogP contribution in [0.15, 0.2) is 71.7 Å². The molecule has 4 heterocycles. The first-order valence-electron chi connectivity index (χ1n) is 10.7. The molecule has 33 heavy (non-hydrogen) atoms. The molecule has 162 valence electrons. The maximum absolute atomic E-state index is 4.96. The van der Waals surface area contributed by atoms with E-state index in [1.165, 1.54) is 11.1 Å². The highest BCUT2D eigenvalue weighted by Crippen LogP contribution is 2.33. The number of aromatic amines is 2. The molecule has 2 aromatic carbocycles. The van der Waals surface area contributed by atoms with E-state index in [9.17, 15) is 0 Å². The van der Waals surface area contributed by atoms with Crippen molar-refractivity contribution >= 4 is 33.3 Å². The number of fused-ring (bicyclic) bond motifs is 2. The van der Waals surface area contributed by atoms with Crippen molar-refractivity contribution in [3.8, 4) is 33.8 Å². The van der Waals surface area contributed by atoms with Crippen LogP contribution in [0.5, 0.6) is 0 Å². The maximum atomic E-state index is 4.96. The lowest BCUT2D eigenvalue weighted by Gasteiger charge is -2.10. The van der Waals surface area contributed by atoms with Crippen molar-refractivity contribution in [3.05, 3.63) is 77.2 Å². The van der Waals surface area contributed by atoms with Crippen LogP contribution >= 0.6 is 11.3 Å². The lowest BCUT2D eigenvalue weighted by Crippen LogP contribution is -2.10. The molecule has 4 aromatic heterocycles. The van der Waals surface area contributed by atoms with E-state index >= 15 is 0 Å². The lowest BCUT2D eigenvalue weighted by atomic mass is 10.0. The van der Waals surface area contributed by atoms with E-state index in [4.69, 9.17) is 4.98 Å². The predicted molar refractivity (Wildman–Crippen MR) is 135 cm³/mol. The number of thiophene rings is 1. The molecule has 0 aliphatic rings. The molecule has 0 atom stereocenters. The molecule has 0 spiro atoms. The number of imidazole rings is 1. The van der Waals surface area contributed by atoms with Gasteiger partial charge in [0, 0.05) is 35.5 Å². The largest absolute Gasteiger partial charge is 0.337 e. The first-order chi connectivity index (χ1) is 16.2. The fraction of sp³-hybridized carbons (Fsp3) is 0.115. The third-order valence-electron chi connectivity index (χ3n) is 5.76. The monoisotopic (exact) mass is 450 g/mol. The molecule has 7 heteroatoms. The quantitative estimate of drug-likeness (QED) is 0.340. The van der Waals surface area contributed by atoms with Crippen LogP contribution in [0.2, 0.25) is 0 Å². The lowest BCUT2D eigenvalue weighted by molar-refractivity contribution is 0.402. The van der Waals surface area contributed by atoms with Gasteiger partial charge in [0.05, 0.1) is 16.6 Å². The fourth-order valence-electron chi connectivity index (χ4n) is 4.27. The molecule has 6 aromatic rings. The van der Waals surface area contributed by atoms with E-state index < -0.39 is 0 Å². The summed E-state index contributed by atoms with van der Waals surface area (Å²) in [6.07, 6.45) is 3.83. The molecule has 0 saturated carbocycles. The summed E-state index contributed by atoms with van der Waals surface area (Å²) in [5.41, 5.74) is 9.44. The number of para-hydroxylation sites is 1. The predicted octanol–water partition coefficient (Wildman–Crippen LogP) is 5.96. The van der Waals surface area contributed by atoms with Gasteiger partial charge in [-0.3, -0.25) is 10.1 Å². The van der Waals surface area contributed by atoms with Gasteiger partial charge in [-0.15, -0.1) is 0 Å². The second-order valence-corrected chi connectivity index (χ2v) is 9.23. The molecule has 2 N–H and O–H groups in total. The van der Waals surface area contributed by atoms with Crippen molar-refractivity contribution in [1.29, 1.82) is 0 Å². The van der Waals surface area contributed by atoms with E-state index in [2.05, 4.69) is 98.5 Å². The molecule has 0 amide bonds. The average molecular weight is 451 g/mol. The average Bonchev–Trinajstić information content (AvgIpc) is 3.57. The SMILES string of the molecule is CN(C)Cc1cncc(-c2ccc3[nH]nc(-c4nc5c(-c6ccsc6)cccc5[nH]4)c3c2)c1. The van der Waals surface area contributed by atoms with E-state index in [1.807, 2.05) is 12.4 Å². The zero-order valence-corrected chi connectivity index (χ0v) is 19.1. The van der Waals surface area contributed by atoms with E-state index in [0.29, 0.717) is 0 Å². The van der Waals surface area contributed by atoms with Crippen LogP contribution in [0.1, 0.15) is 5.56 Å². The Kier molecular flexibility index (Phi) is 4.78. The number of H-pyrrole nitrogens is 2. The summed E-state index contributed by atoms with van der Waals surface area (Å²) in [6.45, 7) is 0.853. The number of benzene rings is 2. The number of hydrogen-bond donors (Lipinski definition) is 2. The Bertz CT molecular complexity index is 1580. The smallest absolute Gasteiger partial charge is 0.159 e. The minimum absolute atomic E-state index is 0.760. The zero-order chi connectivity index (χ0) is 22.4. The Morgan fingerprint density at radius 2 is 1.88 bits per heavy atom. The number of hydrogen-bond acceptors (Lipinski definition) is 5. The second kappa shape index (κ2) is 7.95. The number of aromatic nitrogens is 5. The molecule has 6 nitrogen and oxygen atoms in total. The molecule has 6 rings (SSSR count). The van der Waals surface area contributed by atoms with Crippen LogP contribution in [0.4, 0.5) is 0 Å². The summed E-state index contributed by atoms with van der Waals surface area (Å²) in [6, 6.07) is 16.9. The molecule has 0 aliphatic carbocycles. The highest BCUT2D eigenvalue weighted by atomic mass is 32.1. The molecule has 0 aliphatic heterocycles. The molecule has 0 bridgehead atoms. The van der Waals surface area contributed by atoms with Crippen LogP contribution in [0.3, 0.4) is 0 Å². The van der Waals surface area contributed by atoms with Gasteiger partial charge >= 0.3 is 0 Å². The zero-order valence-electron chi connectivity index (χ0n) is 18.3. The number of rotatable bonds is 5. The van der Waals surface area contributed by atoms with Gasteiger partial charge in [0.1, 0.15) is 5.69 Å². The molecular weight excluding hydrogens is 428 g/mol. The fourth-order valence-corrected chi connectivity index (χ4v) is 4.92. The Labute approximate surface area is 195 Å². The van der Waals surface area contributed by atoms with Gasteiger partial charge in [-0.2, -0.15) is 16.4 Å². The van der Waals surface area contributed by atoms with Gasteiger partial charge in [0.25, 0.3) is 0 Å². The maximum Gasteiger partial charge on any atom is 0.159 e. The van der Waals surface area contributed by atoms with Gasteiger partial charge in [-0.25, -0.2) is 4.98 Å². The van der Waals surface area contributed by atoms with Crippen molar-refractivity contribution in [2.75, 3.05) is 14.1 Å². The summed E-state index contributed by atoms with van der Waals surface area (Å²) in [4.78, 5) is 15.0. The summed E-state index contributed by atoms with van der Waals surface area (Å²) >= 11 is 1.69.